The number of aliphatic hydroxyl groups is 1. The van der Waals surface area contributed by atoms with Crippen molar-refractivity contribution in [3.8, 4) is 0 Å². The van der Waals surface area contributed by atoms with E-state index in [-0.39, 0.29) is 11.5 Å². The van der Waals surface area contributed by atoms with Crippen molar-refractivity contribution in [2.75, 3.05) is 11.4 Å². The second kappa shape index (κ2) is 6.19. The molecule has 1 heterocycles. The number of rotatable bonds is 5. The number of benzene rings is 1. The molecule has 0 aliphatic carbocycles. The van der Waals surface area contributed by atoms with Gasteiger partial charge in [-0.05, 0) is 38.1 Å². The van der Waals surface area contributed by atoms with Crippen molar-refractivity contribution >= 4 is 27.7 Å². The van der Waals surface area contributed by atoms with Crippen LogP contribution < -0.4 is 4.90 Å². The molecule has 1 atom stereocenters. The van der Waals surface area contributed by atoms with Crippen LogP contribution in [0.5, 0.6) is 0 Å². The van der Waals surface area contributed by atoms with E-state index in [0.717, 1.165) is 0 Å². The van der Waals surface area contributed by atoms with Crippen LogP contribution in [0, 0.1) is 15.9 Å². The van der Waals surface area contributed by atoms with Gasteiger partial charge in [0.25, 0.3) is 0 Å². The normalized spacial score (nSPS) is 12.2. The quantitative estimate of drug-likeness (QED) is 0.669. The number of nitrogens with zero attached hydrogens (tertiary/aromatic N) is 2. The van der Waals surface area contributed by atoms with Crippen LogP contribution in [0.15, 0.2) is 30.3 Å². The van der Waals surface area contributed by atoms with Crippen molar-refractivity contribution in [2.45, 2.75) is 20.0 Å². The lowest BCUT2D eigenvalue weighted by Crippen LogP contribution is -2.15. The van der Waals surface area contributed by atoms with Crippen LogP contribution in [-0.2, 0) is 0 Å². The summed E-state index contributed by atoms with van der Waals surface area (Å²) in [7, 11) is 0. The number of hydrogen-bond donors (Lipinski definition) is 1. The Labute approximate surface area is 125 Å². The summed E-state index contributed by atoms with van der Waals surface area (Å²) < 4.78 is 13.0. The van der Waals surface area contributed by atoms with E-state index >= 15 is 0 Å². The lowest BCUT2D eigenvalue weighted by Gasteiger charge is -2.20. The highest BCUT2D eigenvalue weighted by Gasteiger charge is 2.25. The molecule has 0 fully saturated rings. The molecule has 21 heavy (non-hydrogen) atoms. The monoisotopic (exact) mass is 310 g/mol. The molecule has 112 valence electrons. The zero-order chi connectivity index (χ0) is 15.6. The smallest absolute Gasteiger partial charge is 0.304 e. The molecule has 0 aliphatic rings. The van der Waals surface area contributed by atoms with Gasteiger partial charge in [0.2, 0.25) is 0 Å². The SMILES string of the molecule is CCN(c1ccc(F)cc1)c1sc(C(C)O)cc1[N+](=O)[O-]. The molecule has 1 aromatic heterocycles. The van der Waals surface area contributed by atoms with Crippen molar-refractivity contribution in [1.82, 2.24) is 0 Å². The van der Waals surface area contributed by atoms with Crippen LogP contribution >= 0.6 is 11.3 Å². The first kappa shape index (κ1) is 15.4. The van der Waals surface area contributed by atoms with Crippen LogP contribution in [0.1, 0.15) is 24.8 Å². The lowest BCUT2D eigenvalue weighted by atomic mass is 10.2. The number of aliphatic hydroxyl groups excluding tert-OH is 1. The van der Waals surface area contributed by atoms with E-state index < -0.39 is 11.0 Å². The zero-order valence-electron chi connectivity index (χ0n) is 11.6. The van der Waals surface area contributed by atoms with Crippen LogP contribution in [0.3, 0.4) is 0 Å². The van der Waals surface area contributed by atoms with Gasteiger partial charge in [0.1, 0.15) is 5.82 Å². The van der Waals surface area contributed by atoms with Crippen molar-refractivity contribution < 1.29 is 14.4 Å². The van der Waals surface area contributed by atoms with Gasteiger partial charge in [0.15, 0.2) is 5.00 Å². The van der Waals surface area contributed by atoms with Gasteiger partial charge in [-0.15, -0.1) is 11.3 Å². The zero-order valence-corrected chi connectivity index (χ0v) is 12.4. The van der Waals surface area contributed by atoms with Gasteiger partial charge < -0.3 is 10.0 Å². The molecule has 7 heteroatoms. The topological polar surface area (TPSA) is 66.6 Å². The first-order valence-electron chi connectivity index (χ1n) is 6.43. The van der Waals surface area contributed by atoms with Crippen molar-refractivity contribution in [3.63, 3.8) is 0 Å². The van der Waals surface area contributed by atoms with E-state index in [0.29, 0.717) is 22.1 Å². The number of nitro groups is 1. The first-order valence-corrected chi connectivity index (χ1v) is 7.25. The van der Waals surface area contributed by atoms with Gasteiger partial charge in [0, 0.05) is 23.2 Å². The summed E-state index contributed by atoms with van der Waals surface area (Å²) in [5.41, 5.74) is 0.614. The summed E-state index contributed by atoms with van der Waals surface area (Å²) in [5.74, 6) is -0.361. The molecule has 2 rings (SSSR count). The third-order valence-electron chi connectivity index (χ3n) is 3.02. The number of thiophene rings is 1. The highest BCUT2D eigenvalue weighted by atomic mass is 32.1. The molecule has 0 bridgehead atoms. The van der Waals surface area contributed by atoms with E-state index in [2.05, 4.69) is 0 Å². The van der Waals surface area contributed by atoms with E-state index in [1.54, 1.807) is 24.0 Å². The molecular formula is C14H15FN2O3S. The summed E-state index contributed by atoms with van der Waals surface area (Å²) in [6.45, 7) is 3.91. The third-order valence-corrected chi connectivity index (χ3v) is 4.34. The maximum atomic E-state index is 13.0. The fourth-order valence-electron chi connectivity index (χ4n) is 1.98. The highest BCUT2D eigenvalue weighted by molar-refractivity contribution is 7.16. The second-order valence-electron chi connectivity index (χ2n) is 4.49. The largest absolute Gasteiger partial charge is 0.388 e. The molecule has 0 amide bonds. The van der Waals surface area contributed by atoms with Gasteiger partial charge in [-0.1, -0.05) is 0 Å². The maximum Gasteiger partial charge on any atom is 0.304 e. The summed E-state index contributed by atoms with van der Waals surface area (Å²) in [4.78, 5) is 13.0. The molecule has 2 aromatic rings. The summed E-state index contributed by atoms with van der Waals surface area (Å²) >= 11 is 1.17. The highest BCUT2D eigenvalue weighted by Crippen LogP contribution is 2.42. The van der Waals surface area contributed by atoms with Gasteiger partial charge in [-0.2, -0.15) is 0 Å². The second-order valence-corrected chi connectivity index (χ2v) is 5.56. The molecule has 0 radical (unpaired) electrons. The van der Waals surface area contributed by atoms with Gasteiger partial charge in [-0.25, -0.2) is 4.39 Å². The third kappa shape index (κ3) is 3.20. The number of hydrogen-bond acceptors (Lipinski definition) is 5. The fraction of sp³-hybridized carbons (Fsp3) is 0.286. The molecule has 0 saturated carbocycles. The van der Waals surface area contributed by atoms with Crippen LogP contribution in [-0.4, -0.2) is 16.6 Å². The minimum absolute atomic E-state index is 0.0536. The van der Waals surface area contributed by atoms with Crippen LogP contribution in [0.4, 0.5) is 20.8 Å². The van der Waals surface area contributed by atoms with Gasteiger partial charge in [-0.3, -0.25) is 10.1 Å². The summed E-state index contributed by atoms with van der Waals surface area (Å²) in [6.07, 6.45) is -0.769. The van der Waals surface area contributed by atoms with Crippen molar-refractivity contribution in [2.24, 2.45) is 0 Å². The standard InChI is InChI=1S/C14H15FN2O3S/c1-3-16(11-6-4-10(15)5-7-11)14-12(17(19)20)8-13(21-14)9(2)18/h4-9,18H,3H2,1-2H3. The predicted molar refractivity (Wildman–Crippen MR) is 80.7 cm³/mol. The minimum atomic E-state index is -0.769. The Hall–Kier alpha value is -1.99. The van der Waals surface area contributed by atoms with E-state index in [9.17, 15) is 19.6 Å². The molecular weight excluding hydrogens is 295 g/mol. The molecule has 0 spiro atoms. The summed E-state index contributed by atoms with van der Waals surface area (Å²) in [6, 6.07) is 7.16. The van der Waals surface area contributed by atoms with Gasteiger partial charge >= 0.3 is 5.69 Å². The average Bonchev–Trinajstić information content (AvgIpc) is 2.87. The predicted octanol–water partition coefficient (Wildman–Crippen LogP) is 4.01. The number of halogens is 1. The van der Waals surface area contributed by atoms with Crippen LogP contribution in [0.2, 0.25) is 0 Å². The minimum Gasteiger partial charge on any atom is -0.388 e. The van der Waals surface area contributed by atoms with E-state index in [1.807, 2.05) is 6.92 Å². The Morgan fingerprint density at radius 3 is 2.52 bits per heavy atom. The molecule has 1 unspecified atom stereocenters. The van der Waals surface area contributed by atoms with E-state index in [4.69, 9.17) is 0 Å². The summed E-state index contributed by atoms with van der Waals surface area (Å²) in [5, 5.41) is 21.3. The van der Waals surface area contributed by atoms with Crippen molar-refractivity contribution in [1.29, 1.82) is 0 Å². The fourth-order valence-corrected chi connectivity index (χ4v) is 3.13. The Morgan fingerprint density at radius 1 is 1.43 bits per heavy atom. The van der Waals surface area contributed by atoms with Gasteiger partial charge in [0.05, 0.1) is 11.0 Å². The first-order chi connectivity index (χ1) is 9.93. The molecule has 1 aromatic carbocycles. The molecule has 1 N–H and O–H groups in total. The van der Waals surface area contributed by atoms with E-state index in [1.165, 1.54) is 29.5 Å². The molecule has 0 aliphatic heterocycles. The average molecular weight is 310 g/mol. The molecule has 0 saturated heterocycles. The Bertz CT molecular complexity index is 640. The Morgan fingerprint density at radius 2 is 2.05 bits per heavy atom. The Balaban J connectivity index is 2.50. The lowest BCUT2D eigenvalue weighted by molar-refractivity contribution is -0.383. The maximum absolute atomic E-state index is 13.0. The van der Waals surface area contributed by atoms with Crippen LogP contribution in [0.25, 0.3) is 0 Å². The molecule has 5 nitrogen and oxygen atoms in total. The Kier molecular flexibility index (Phi) is 4.54. The van der Waals surface area contributed by atoms with Crippen molar-refractivity contribution in [3.05, 3.63) is 51.1 Å². The number of anilines is 2.